The molecule has 5 fully saturated rings. The highest BCUT2D eigenvalue weighted by Gasteiger charge is 2.64. The molecule has 5 aliphatic carbocycles. The molecule has 5 rings (SSSR count). The van der Waals surface area contributed by atoms with Crippen LogP contribution in [0.1, 0.15) is 104 Å². The lowest BCUT2D eigenvalue weighted by molar-refractivity contribution is -0.168. The first-order valence-corrected chi connectivity index (χ1v) is 12.4. The van der Waals surface area contributed by atoms with Gasteiger partial charge in [0.15, 0.2) is 0 Å². The molecule has 1 amide bonds. The predicted octanol–water partition coefficient (Wildman–Crippen LogP) is 6.40. The zero-order valence-electron chi connectivity index (χ0n) is 18.3. The van der Waals surface area contributed by atoms with Crippen LogP contribution in [0, 0.1) is 34.0 Å². The summed E-state index contributed by atoms with van der Waals surface area (Å²) < 4.78 is 0. The van der Waals surface area contributed by atoms with E-state index in [9.17, 15) is 4.79 Å². The third kappa shape index (κ3) is 2.68. The van der Waals surface area contributed by atoms with Crippen LogP contribution in [0.15, 0.2) is 12.2 Å². The molecule has 5 saturated carbocycles. The van der Waals surface area contributed by atoms with Gasteiger partial charge in [0, 0.05) is 11.5 Å². The fourth-order valence-corrected chi connectivity index (χ4v) is 9.22. The summed E-state index contributed by atoms with van der Waals surface area (Å²) in [6.45, 7) is 9.40. The van der Waals surface area contributed by atoms with Crippen molar-refractivity contribution < 1.29 is 4.79 Å². The van der Waals surface area contributed by atoms with E-state index in [4.69, 9.17) is 0 Å². The summed E-state index contributed by atoms with van der Waals surface area (Å²) in [6, 6.07) is 0.440. The molecule has 0 heterocycles. The summed E-state index contributed by atoms with van der Waals surface area (Å²) in [6.07, 6.45) is 18.0. The molecule has 0 aromatic heterocycles. The van der Waals surface area contributed by atoms with E-state index in [1.807, 2.05) is 0 Å². The van der Waals surface area contributed by atoms with Crippen molar-refractivity contribution >= 4 is 5.91 Å². The second-order valence-corrected chi connectivity index (χ2v) is 11.9. The van der Waals surface area contributed by atoms with Crippen LogP contribution in [0.3, 0.4) is 0 Å². The normalized spacial score (nSPS) is 48.6. The van der Waals surface area contributed by atoms with Crippen LogP contribution in [-0.2, 0) is 4.79 Å². The largest absolute Gasteiger partial charge is 0.353 e. The van der Waals surface area contributed by atoms with Gasteiger partial charge in [0.1, 0.15) is 0 Å². The zero-order chi connectivity index (χ0) is 19.6. The third-order valence-electron chi connectivity index (χ3n) is 10.5. The first-order valence-electron chi connectivity index (χ1n) is 12.4. The standard InChI is InChI=1S/C26H41NO/c1-18-16-26-15-12-21-24(2,22(26)11-10-19(18)17-26)13-7-14-25(21,3)23(28)27-20-8-5-4-6-9-20/h19-22H,1,4-17H2,2-3H3,(H,27,28)/t19-,21?,22?,24-,25-,26-/m1/s1. The van der Waals surface area contributed by atoms with E-state index >= 15 is 0 Å². The second-order valence-electron chi connectivity index (χ2n) is 11.9. The van der Waals surface area contributed by atoms with Crippen LogP contribution in [0.2, 0.25) is 0 Å². The van der Waals surface area contributed by atoms with Crippen LogP contribution in [0.4, 0.5) is 0 Å². The van der Waals surface area contributed by atoms with E-state index in [1.54, 1.807) is 5.57 Å². The Bertz CT molecular complexity index is 663. The molecule has 0 aliphatic heterocycles. The molecule has 1 spiro atoms. The van der Waals surface area contributed by atoms with Gasteiger partial charge in [-0.05, 0) is 92.8 Å². The van der Waals surface area contributed by atoms with Gasteiger partial charge >= 0.3 is 0 Å². The molecule has 2 nitrogen and oxygen atoms in total. The molecule has 0 radical (unpaired) electrons. The Morgan fingerprint density at radius 2 is 1.71 bits per heavy atom. The highest BCUT2D eigenvalue weighted by molar-refractivity contribution is 5.83. The molecule has 156 valence electrons. The Morgan fingerprint density at radius 3 is 2.50 bits per heavy atom. The summed E-state index contributed by atoms with van der Waals surface area (Å²) >= 11 is 0. The number of carbonyl (C=O) groups excluding carboxylic acids is 1. The molecule has 6 atom stereocenters. The summed E-state index contributed by atoms with van der Waals surface area (Å²) in [5.74, 6) is 2.59. The van der Waals surface area contributed by atoms with E-state index in [0.29, 0.717) is 28.7 Å². The lowest BCUT2D eigenvalue weighted by atomic mass is 9.41. The lowest BCUT2D eigenvalue weighted by Gasteiger charge is -2.63. The minimum absolute atomic E-state index is 0.154. The van der Waals surface area contributed by atoms with E-state index < -0.39 is 0 Å². The van der Waals surface area contributed by atoms with Crippen molar-refractivity contribution in [3.05, 3.63) is 12.2 Å². The van der Waals surface area contributed by atoms with Gasteiger partial charge in [0.25, 0.3) is 0 Å². The van der Waals surface area contributed by atoms with Gasteiger partial charge in [-0.25, -0.2) is 0 Å². The monoisotopic (exact) mass is 383 g/mol. The number of amides is 1. The molecule has 2 unspecified atom stereocenters. The van der Waals surface area contributed by atoms with Gasteiger partial charge in [-0.3, -0.25) is 4.79 Å². The Labute approximate surface area is 172 Å². The summed E-state index contributed by atoms with van der Waals surface area (Å²) in [7, 11) is 0. The van der Waals surface area contributed by atoms with Crippen LogP contribution < -0.4 is 5.32 Å². The molecule has 1 N–H and O–H groups in total. The summed E-state index contributed by atoms with van der Waals surface area (Å²) in [4.78, 5) is 13.6. The fourth-order valence-electron chi connectivity index (χ4n) is 9.22. The second kappa shape index (κ2) is 6.61. The van der Waals surface area contributed by atoms with Gasteiger partial charge in [0.05, 0.1) is 0 Å². The van der Waals surface area contributed by atoms with Crippen LogP contribution in [-0.4, -0.2) is 11.9 Å². The quantitative estimate of drug-likeness (QED) is 0.549. The van der Waals surface area contributed by atoms with E-state index in [1.165, 1.54) is 83.5 Å². The number of hydrogen-bond acceptors (Lipinski definition) is 1. The first-order chi connectivity index (χ1) is 13.4. The van der Waals surface area contributed by atoms with Crippen molar-refractivity contribution in [2.45, 2.75) is 110 Å². The van der Waals surface area contributed by atoms with Crippen molar-refractivity contribution in [1.82, 2.24) is 5.32 Å². The molecular formula is C26H41NO. The highest BCUT2D eigenvalue weighted by atomic mass is 16.2. The smallest absolute Gasteiger partial charge is 0.226 e. The number of allylic oxidation sites excluding steroid dienone is 1. The molecular weight excluding hydrogens is 342 g/mol. The van der Waals surface area contributed by atoms with Crippen LogP contribution in [0.25, 0.3) is 0 Å². The van der Waals surface area contributed by atoms with E-state index in [0.717, 1.165) is 18.3 Å². The first kappa shape index (κ1) is 19.2. The average molecular weight is 384 g/mol. The minimum atomic E-state index is -0.154. The molecule has 5 aliphatic rings. The number of carbonyl (C=O) groups is 1. The summed E-state index contributed by atoms with van der Waals surface area (Å²) in [5.41, 5.74) is 2.28. The molecule has 28 heavy (non-hydrogen) atoms. The fraction of sp³-hybridized carbons (Fsp3) is 0.885. The maximum atomic E-state index is 13.6. The van der Waals surface area contributed by atoms with Crippen molar-refractivity contribution in [1.29, 1.82) is 0 Å². The number of fused-ring (bicyclic) bond motifs is 3. The Hall–Kier alpha value is -0.790. The van der Waals surface area contributed by atoms with E-state index in [-0.39, 0.29) is 5.41 Å². The molecule has 0 aromatic carbocycles. The number of hydrogen-bond donors (Lipinski definition) is 1. The maximum Gasteiger partial charge on any atom is 0.226 e. The third-order valence-corrected chi connectivity index (χ3v) is 10.5. The topological polar surface area (TPSA) is 29.1 Å². The molecule has 2 heteroatoms. The van der Waals surface area contributed by atoms with Crippen LogP contribution in [0.5, 0.6) is 0 Å². The summed E-state index contributed by atoms with van der Waals surface area (Å²) in [5, 5.41) is 3.54. The average Bonchev–Trinajstić information content (AvgIpc) is 2.90. The Balaban J connectivity index is 1.41. The van der Waals surface area contributed by atoms with Gasteiger partial charge in [0.2, 0.25) is 5.91 Å². The van der Waals surface area contributed by atoms with E-state index in [2.05, 4.69) is 25.7 Å². The maximum absolute atomic E-state index is 13.6. The van der Waals surface area contributed by atoms with Gasteiger partial charge in [-0.2, -0.15) is 0 Å². The molecule has 0 saturated heterocycles. The minimum Gasteiger partial charge on any atom is -0.353 e. The lowest BCUT2D eigenvalue weighted by Crippen LogP contribution is -2.60. The number of rotatable bonds is 2. The molecule has 0 aromatic rings. The van der Waals surface area contributed by atoms with Crippen LogP contribution >= 0.6 is 0 Å². The van der Waals surface area contributed by atoms with Crippen molar-refractivity contribution in [2.75, 3.05) is 0 Å². The molecule has 2 bridgehead atoms. The van der Waals surface area contributed by atoms with Crippen molar-refractivity contribution in [3.8, 4) is 0 Å². The zero-order valence-corrected chi connectivity index (χ0v) is 18.3. The van der Waals surface area contributed by atoms with Crippen molar-refractivity contribution in [2.24, 2.45) is 34.0 Å². The van der Waals surface area contributed by atoms with Gasteiger partial charge < -0.3 is 5.32 Å². The highest BCUT2D eigenvalue weighted by Crippen LogP contribution is 2.72. The van der Waals surface area contributed by atoms with Gasteiger partial charge in [-0.1, -0.05) is 51.7 Å². The Kier molecular flexibility index (Phi) is 4.53. The predicted molar refractivity (Wildman–Crippen MR) is 115 cm³/mol. The SMILES string of the molecule is C=C1C[C@@]23CCC4[C@@](C)(CCC[C@@]4(C)C(=O)NC4CCCCC4)C2CC[C@@H]1C3. The van der Waals surface area contributed by atoms with Gasteiger partial charge in [-0.15, -0.1) is 0 Å². The van der Waals surface area contributed by atoms with Crippen molar-refractivity contribution in [3.63, 3.8) is 0 Å². The Morgan fingerprint density at radius 1 is 0.929 bits per heavy atom. The number of nitrogens with one attached hydrogen (secondary N) is 1.